The third-order valence-electron chi connectivity index (χ3n) is 4.33. The molecular formula is C22H12N2O2. The zero-order valence-electron chi connectivity index (χ0n) is 13.6. The first-order valence-electron chi connectivity index (χ1n) is 7.99. The highest BCUT2D eigenvalue weighted by atomic mass is 16.5. The molecule has 0 N–H and O–H groups in total. The minimum atomic E-state index is 0.218. The van der Waals surface area contributed by atoms with E-state index in [1.807, 2.05) is 66.7 Å². The Labute approximate surface area is 150 Å². The van der Waals surface area contributed by atoms with Crippen LogP contribution in [-0.4, -0.2) is 0 Å². The predicted octanol–water partition coefficient (Wildman–Crippen LogP) is 5.38. The Balaban J connectivity index is 2.18. The zero-order valence-corrected chi connectivity index (χ0v) is 13.6. The summed E-state index contributed by atoms with van der Waals surface area (Å²) in [5.74, 6) is 0.458. The Hall–Kier alpha value is -4.02. The van der Waals surface area contributed by atoms with E-state index in [1.54, 1.807) is 18.6 Å². The van der Waals surface area contributed by atoms with E-state index >= 15 is 0 Å². The fourth-order valence-electron chi connectivity index (χ4n) is 3.29. The van der Waals surface area contributed by atoms with Gasteiger partial charge >= 0.3 is 0 Å². The van der Waals surface area contributed by atoms with Crippen LogP contribution in [0.25, 0.3) is 32.7 Å². The van der Waals surface area contributed by atoms with Gasteiger partial charge in [0.05, 0.1) is 0 Å². The fourth-order valence-corrected chi connectivity index (χ4v) is 3.29. The first-order chi connectivity index (χ1) is 12.8. The van der Waals surface area contributed by atoms with Crippen molar-refractivity contribution >= 4 is 21.5 Å². The van der Waals surface area contributed by atoms with E-state index in [1.165, 1.54) is 0 Å². The highest BCUT2D eigenvalue weighted by Crippen LogP contribution is 2.45. The summed E-state index contributed by atoms with van der Waals surface area (Å²) in [5, 5.41) is 22.1. The molecule has 0 atom stereocenters. The van der Waals surface area contributed by atoms with Crippen molar-refractivity contribution in [2.24, 2.45) is 0 Å². The van der Waals surface area contributed by atoms with Gasteiger partial charge in [-0.05, 0) is 33.2 Å². The number of nitrogens with zero attached hydrogens (tertiary/aromatic N) is 2. The molecule has 0 amide bonds. The molecule has 0 aliphatic carbocycles. The molecule has 122 valence electrons. The lowest BCUT2D eigenvalue weighted by atomic mass is 9.92. The van der Waals surface area contributed by atoms with Gasteiger partial charge in [0.25, 0.3) is 12.5 Å². The second-order valence-corrected chi connectivity index (χ2v) is 5.71. The number of hydrogen-bond donors (Lipinski definition) is 0. The smallest absolute Gasteiger partial charge is 0.292 e. The van der Waals surface area contributed by atoms with Crippen LogP contribution < -0.4 is 9.47 Å². The molecule has 0 radical (unpaired) electrons. The lowest BCUT2D eigenvalue weighted by Crippen LogP contribution is -1.95. The average molecular weight is 336 g/mol. The van der Waals surface area contributed by atoms with E-state index in [2.05, 4.69) is 0 Å². The quantitative estimate of drug-likeness (QED) is 0.471. The molecule has 0 bridgehead atoms. The molecular weight excluding hydrogens is 324 g/mol. The van der Waals surface area contributed by atoms with Crippen LogP contribution in [0, 0.1) is 23.0 Å². The Morgan fingerprint density at radius 3 is 2.08 bits per heavy atom. The lowest BCUT2D eigenvalue weighted by molar-refractivity contribution is 0.444. The molecule has 0 unspecified atom stereocenters. The number of rotatable bonds is 3. The summed E-state index contributed by atoms with van der Waals surface area (Å²) in [4.78, 5) is 0. The van der Waals surface area contributed by atoms with Crippen LogP contribution in [0.5, 0.6) is 11.5 Å². The maximum Gasteiger partial charge on any atom is 0.292 e. The van der Waals surface area contributed by atoms with Crippen molar-refractivity contribution in [2.45, 2.75) is 0 Å². The Bertz CT molecular complexity index is 1210. The molecule has 0 fully saturated rings. The molecule has 0 aliphatic heterocycles. The van der Waals surface area contributed by atoms with Crippen LogP contribution in [0.2, 0.25) is 0 Å². The van der Waals surface area contributed by atoms with E-state index in [0.717, 1.165) is 32.7 Å². The normalized spacial score (nSPS) is 10.2. The third kappa shape index (κ3) is 2.47. The van der Waals surface area contributed by atoms with Crippen molar-refractivity contribution in [1.82, 2.24) is 0 Å². The zero-order chi connectivity index (χ0) is 17.9. The Morgan fingerprint density at radius 1 is 0.654 bits per heavy atom. The number of ether oxygens (including phenoxy) is 2. The molecule has 4 aromatic carbocycles. The molecule has 26 heavy (non-hydrogen) atoms. The summed E-state index contributed by atoms with van der Waals surface area (Å²) in [5.41, 5.74) is 1.64. The fraction of sp³-hybridized carbons (Fsp3) is 0. The van der Waals surface area contributed by atoms with E-state index in [-0.39, 0.29) is 11.5 Å². The SMILES string of the molecule is N#COc1cc2ccccc2c(-c2cccc3ccccc23)c1OC#N. The topological polar surface area (TPSA) is 66.0 Å². The van der Waals surface area contributed by atoms with Gasteiger partial charge in [0, 0.05) is 5.56 Å². The van der Waals surface area contributed by atoms with Crippen LogP contribution >= 0.6 is 0 Å². The monoisotopic (exact) mass is 336 g/mol. The van der Waals surface area contributed by atoms with Crippen molar-refractivity contribution < 1.29 is 9.47 Å². The Kier molecular flexibility index (Phi) is 3.86. The second kappa shape index (κ2) is 6.47. The van der Waals surface area contributed by atoms with Crippen molar-refractivity contribution in [2.75, 3.05) is 0 Å². The van der Waals surface area contributed by atoms with E-state index in [0.29, 0.717) is 0 Å². The third-order valence-corrected chi connectivity index (χ3v) is 4.33. The summed E-state index contributed by atoms with van der Waals surface area (Å²) in [6.45, 7) is 0. The molecule has 4 aromatic rings. The van der Waals surface area contributed by atoms with Crippen LogP contribution in [0.1, 0.15) is 0 Å². The van der Waals surface area contributed by atoms with Gasteiger partial charge in [0.2, 0.25) is 0 Å². The van der Waals surface area contributed by atoms with E-state index in [9.17, 15) is 0 Å². The first-order valence-corrected chi connectivity index (χ1v) is 7.99. The van der Waals surface area contributed by atoms with Crippen LogP contribution in [0.4, 0.5) is 0 Å². The molecule has 0 aromatic heterocycles. The minimum Gasteiger partial charge on any atom is -0.384 e. The molecule has 0 aliphatic rings. The summed E-state index contributed by atoms with van der Waals surface area (Å²) < 4.78 is 10.4. The van der Waals surface area contributed by atoms with Gasteiger partial charge in [-0.15, -0.1) is 10.5 Å². The average Bonchev–Trinajstić information content (AvgIpc) is 2.68. The lowest BCUT2D eigenvalue weighted by Gasteiger charge is -2.15. The maximum absolute atomic E-state index is 9.16. The molecule has 0 spiro atoms. The molecule has 0 saturated carbocycles. The van der Waals surface area contributed by atoms with E-state index in [4.69, 9.17) is 20.0 Å². The van der Waals surface area contributed by atoms with Gasteiger partial charge in [-0.25, -0.2) is 0 Å². The highest BCUT2D eigenvalue weighted by Gasteiger charge is 2.20. The molecule has 4 rings (SSSR count). The van der Waals surface area contributed by atoms with Crippen molar-refractivity contribution in [3.63, 3.8) is 0 Å². The van der Waals surface area contributed by atoms with Gasteiger partial charge in [-0.2, -0.15) is 0 Å². The minimum absolute atomic E-state index is 0.218. The van der Waals surface area contributed by atoms with Crippen molar-refractivity contribution in [3.05, 3.63) is 72.8 Å². The summed E-state index contributed by atoms with van der Waals surface area (Å²) >= 11 is 0. The van der Waals surface area contributed by atoms with Crippen LogP contribution in [-0.2, 0) is 0 Å². The van der Waals surface area contributed by atoms with Crippen LogP contribution in [0.3, 0.4) is 0 Å². The summed E-state index contributed by atoms with van der Waals surface area (Å²) in [6, 6.07) is 23.4. The predicted molar refractivity (Wildman–Crippen MR) is 99.4 cm³/mol. The van der Waals surface area contributed by atoms with Gasteiger partial charge < -0.3 is 9.47 Å². The van der Waals surface area contributed by atoms with Gasteiger partial charge in [0.15, 0.2) is 11.5 Å². The first kappa shape index (κ1) is 15.5. The molecule has 0 heterocycles. The summed E-state index contributed by atoms with van der Waals surface area (Å²) in [6.07, 6.45) is 3.39. The number of hydrogen-bond acceptors (Lipinski definition) is 4. The van der Waals surface area contributed by atoms with Crippen LogP contribution in [0.15, 0.2) is 72.8 Å². The van der Waals surface area contributed by atoms with Gasteiger partial charge in [-0.1, -0.05) is 66.7 Å². The standard InChI is InChI=1S/C22H12N2O2/c23-13-25-20-12-16-7-2-4-10-18(16)21(22(20)26-14-24)19-11-5-8-15-6-1-3-9-17(15)19/h1-12H. The Morgan fingerprint density at radius 2 is 1.31 bits per heavy atom. The van der Waals surface area contributed by atoms with Crippen molar-refractivity contribution in [3.8, 4) is 35.1 Å². The number of fused-ring (bicyclic) bond motifs is 2. The van der Waals surface area contributed by atoms with Gasteiger partial charge in [0.1, 0.15) is 0 Å². The number of benzene rings is 4. The molecule has 4 heteroatoms. The summed E-state index contributed by atoms with van der Waals surface area (Å²) in [7, 11) is 0. The van der Waals surface area contributed by atoms with Crippen molar-refractivity contribution in [1.29, 1.82) is 10.5 Å². The maximum atomic E-state index is 9.16. The molecule has 0 saturated heterocycles. The highest BCUT2D eigenvalue weighted by molar-refractivity contribution is 6.08. The largest absolute Gasteiger partial charge is 0.384 e. The van der Waals surface area contributed by atoms with E-state index < -0.39 is 0 Å². The number of nitriles is 2. The molecule has 4 nitrogen and oxygen atoms in total. The van der Waals surface area contributed by atoms with Gasteiger partial charge in [-0.3, -0.25) is 0 Å². The second-order valence-electron chi connectivity index (χ2n) is 5.71.